The number of thioether (sulfide) groups is 1. The minimum atomic E-state index is -0.0955. The summed E-state index contributed by atoms with van der Waals surface area (Å²) < 4.78 is 10.5. The zero-order valence-electron chi connectivity index (χ0n) is 12.4. The van der Waals surface area contributed by atoms with E-state index in [1.165, 1.54) is 0 Å². The molecule has 116 valence electrons. The highest BCUT2D eigenvalue weighted by Crippen LogP contribution is 2.43. The summed E-state index contributed by atoms with van der Waals surface area (Å²) in [6.07, 6.45) is 1.77. The zero-order valence-corrected chi connectivity index (χ0v) is 14.0. The second kappa shape index (κ2) is 8.06. The molecule has 0 amide bonds. The van der Waals surface area contributed by atoms with Gasteiger partial charge in [0.05, 0.1) is 17.5 Å². The van der Waals surface area contributed by atoms with Crippen LogP contribution in [0.4, 0.5) is 0 Å². The molecular formula is C16H21ClO3S. The predicted octanol–water partition coefficient (Wildman–Crippen LogP) is 4.04. The third-order valence-electron chi connectivity index (χ3n) is 3.75. The molecule has 1 fully saturated rings. The molecule has 0 radical (unpaired) electrons. The summed E-state index contributed by atoms with van der Waals surface area (Å²) in [6, 6.07) is 7.83. The molecule has 0 aliphatic heterocycles. The van der Waals surface area contributed by atoms with Gasteiger partial charge in [-0.25, -0.2) is 0 Å². The van der Waals surface area contributed by atoms with Crippen LogP contribution in [0.5, 0.6) is 0 Å². The Morgan fingerprint density at radius 3 is 2.81 bits per heavy atom. The van der Waals surface area contributed by atoms with Gasteiger partial charge in [-0.05, 0) is 37.8 Å². The predicted molar refractivity (Wildman–Crippen MR) is 85.8 cm³/mol. The van der Waals surface area contributed by atoms with Crippen LogP contribution in [0.15, 0.2) is 29.2 Å². The van der Waals surface area contributed by atoms with Crippen molar-refractivity contribution >= 4 is 29.3 Å². The summed E-state index contributed by atoms with van der Waals surface area (Å²) >= 11 is 7.96. The summed E-state index contributed by atoms with van der Waals surface area (Å²) in [4.78, 5) is 13.2. The quantitative estimate of drug-likeness (QED) is 0.738. The van der Waals surface area contributed by atoms with E-state index in [1.807, 2.05) is 31.2 Å². The number of hydrogen-bond donors (Lipinski definition) is 0. The number of carbonyl (C=O) groups is 1. The number of ether oxygens (including phenoxy) is 2. The van der Waals surface area contributed by atoms with Gasteiger partial charge in [-0.3, -0.25) is 4.79 Å². The maximum Gasteiger partial charge on any atom is 0.309 e. The molecule has 5 heteroatoms. The van der Waals surface area contributed by atoms with Crippen LogP contribution >= 0.6 is 23.4 Å². The van der Waals surface area contributed by atoms with Crippen LogP contribution in [-0.4, -0.2) is 31.5 Å². The molecule has 0 bridgehead atoms. The van der Waals surface area contributed by atoms with Crippen molar-refractivity contribution in [3.8, 4) is 0 Å². The fourth-order valence-corrected chi connectivity index (χ4v) is 4.44. The van der Waals surface area contributed by atoms with Crippen LogP contribution in [0.25, 0.3) is 0 Å². The van der Waals surface area contributed by atoms with Crippen LogP contribution in [0.3, 0.4) is 0 Å². The Labute approximate surface area is 135 Å². The van der Waals surface area contributed by atoms with Crippen molar-refractivity contribution in [2.45, 2.75) is 29.9 Å². The molecule has 3 nitrogen and oxygen atoms in total. The molecule has 0 saturated heterocycles. The molecule has 1 aromatic rings. The van der Waals surface area contributed by atoms with E-state index in [0.717, 1.165) is 22.8 Å². The minimum absolute atomic E-state index is 0.0649. The number of halogens is 1. The summed E-state index contributed by atoms with van der Waals surface area (Å²) in [6.45, 7) is 2.87. The van der Waals surface area contributed by atoms with Gasteiger partial charge in [0.2, 0.25) is 0 Å². The molecular weight excluding hydrogens is 308 g/mol. The van der Waals surface area contributed by atoms with E-state index in [-0.39, 0.29) is 17.8 Å². The van der Waals surface area contributed by atoms with E-state index >= 15 is 0 Å². The van der Waals surface area contributed by atoms with Crippen molar-refractivity contribution in [3.63, 3.8) is 0 Å². The Kier molecular flexibility index (Phi) is 6.40. The fourth-order valence-electron chi connectivity index (χ4n) is 2.83. The highest BCUT2D eigenvalue weighted by molar-refractivity contribution is 8.00. The maximum atomic E-state index is 12.1. The van der Waals surface area contributed by atoms with Crippen molar-refractivity contribution in [1.29, 1.82) is 0 Å². The Morgan fingerprint density at radius 1 is 1.38 bits per heavy atom. The molecule has 1 unspecified atom stereocenters. The number of esters is 1. The number of benzene rings is 1. The van der Waals surface area contributed by atoms with Gasteiger partial charge in [-0.2, -0.15) is 0 Å². The van der Waals surface area contributed by atoms with Gasteiger partial charge in [-0.15, -0.1) is 11.8 Å². The molecule has 0 N–H and O–H groups in total. The average Bonchev–Trinajstić information content (AvgIpc) is 2.85. The van der Waals surface area contributed by atoms with Crippen molar-refractivity contribution in [2.24, 2.45) is 11.8 Å². The van der Waals surface area contributed by atoms with Gasteiger partial charge >= 0.3 is 5.97 Å². The molecule has 3 atom stereocenters. The molecule has 2 rings (SSSR count). The van der Waals surface area contributed by atoms with E-state index in [9.17, 15) is 4.79 Å². The molecule has 0 heterocycles. The first-order chi connectivity index (χ1) is 10.2. The topological polar surface area (TPSA) is 35.5 Å². The molecule has 0 spiro atoms. The van der Waals surface area contributed by atoms with Gasteiger partial charge in [0.15, 0.2) is 0 Å². The van der Waals surface area contributed by atoms with Gasteiger partial charge in [0, 0.05) is 23.9 Å². The highest BCUT2D eigenvalue weighted by atomic mass is 35.5. The molecule has 1 aromatic carbocycles. The van der Waals surface area contributed by atoms with Crippen LogP contribution in [0.1, 0.15) is 19.8 Å². The van der Waals surface area contributed by atoms with Crippen LogP contribution in [0.2, 0.25) is 5.02 Å². The summed E-state index contributed by atoms with van der Waals surface area (Å²) in [5.74, 6) is 0.0701. The van der Waals surface area contributed by atoms with E-state index in [0.29, 0.717) is 18.5 Å². The summed E-state index contributed by atoms with van der Waals surface area (Å²) in [7, 11) is 1.68. The highest BCUT2D eigenvalue weighted by Gasteiger charge is 2.40. The second-order valence-corrected chi connectivity index (χ2v) is 6.97. The normalized spacial score (nSPS) is 25.0. The summed E-state index contributed by atoms with van der Waals surface area (Å²) in [5, 5.41) is 1.14. The maximum absolute atomic E-state index is 12.1. The molecule has 1 aliphatic rings. The molecule has 21 heavy (non-hydrogen) atoms. The van der Waals surface area contributed by atoms with E-state index in [2.05, 4.69) is 0 Å². The average molecular weight is 329 g/mol. The van der Waals surface area contributed by atoms with Crippen molar-refractivity contribution < 1.29 is 14.3 Å². The fraction of sp³-hybridized carbons (Fsp3) is 0.562. The largest absolute Gasteiger partial charge is 0.466 e. The Morgan fingerprint density at radius 2 is 2.14 bits per heavy atom. The van der Waals surface area contributed by atoms with Crippen LogP contribution in [-0.2, 0) is 14.3 Å². The van der Waals surface area contributed by atoms with Crippen molar-refractivity contribution in [1.82, 2.24) is 0 Å². The van der Waals surface area contributed by atoms with E-state index in [4.69, 9.17) is 21.1 Å². The van der Waals surface area contributed by atoms with Crippen LogP contribution in [0, 0.1) is 11.8 Å². The van der Waals surface area contributed by atoms with Crippen molar-refractivity contribution in [2.75, 3.05) is 20.3 Å². The standard InChI is InChI=1S/C16H21ClO3S/c1-3-20-16(18)13-9-12(8-11(13)10-19-2)21-15-7-5-4-6-14(15)17/h4-7,11-13H,3,8-10H2,1-2H3/t11-,12?,13+/m0/s1. The van der Waals surface area contributed by atoms with Gasteiger partial charge in [0.1, 0.15) is 0 Å². The smallest absolute Gasteiger partial charge is 0.309 e. The Hall–Kier alpha value is -0.710. The van der Waals surface area contributed by atoms with E-state index < -0.39 is 0 Å². The van der Waals surface area contributed by atoms with Gasteiger partial charge in [-0.1, -0.05) is 23.7 Å². The Balaban J connectivity index is 2.03. The molecule has 1 saturated carbocycles. The van der Waals surface area contributed by atoms with Gasteiger partial charge in [0.25, 0.3) is 0 Å². The Bertz CT molecular complexity index is 480. The third kappa shape index (κ3) is 4.38. The lowest BCUT2D eigenvalue weighted by molar-refractivity contribution is -0.149. The molecule has 0 aromatic heterocycles. The van der Waals surface area contributed by atoms with Gasteiger partial charge < -0.3 is 9.47 Å². The van der Waals surface area contributed by atoms with Crippen LogP contribution < -0.4 is 0 Å². The number of hydrogen-bond acceptors (Lipinski definition) is 4. The second-order valence-electron chi connectivity index (χ2n) is 5.22. The first-order valence-corrected chi connectivity index (χ1v) is 8.48. The number of carbonyl (C=O) groups excluding carboxylic acids is 1. The minimum Gasteiger partial charge on any atom is -0.466 e. The van der Waals surface area contributed by atoms with Crippen molar-refractivity contribution in [3.05, 3.63) is 29.3 Å². The first kappa shape index (κ1) is 16.7. The lowest BCUT2D eigenvalue weighted by Crippen LogP contribution is -2.24. The number of rotatable bonds is 6. The SMILES string of the molecule is CCOC(=O)[C@@H]1CC(Sc2ccccc2Cl)C[C@H]1COC. The monoisotopic (exact) mass is 328 g/mol. The third-order valence-corrected chi connectivity index (χ3v) is 5.52. The first-order valence-electron chi connectivity index (χ1n) is 7.22. The zero-order chi connectivity index (χ0) is 15.2. The molecule has 1 aliphatic carbocycles. The summed E-state index contributed by atoms with van der Waals surface area (Å²) in [5.41, 5.74) is 0. The lowest BCUT2D eigenvalue weighted by Gasteiger charge is -2.16. The number of methoxy groups -OCH3 is 1. The lowest BCUT2D eigenvalue weighted by atomic mass is 9.97. The van der Waals surface area contributed by atoms with E-state index in [1.54, 1.807) is 18.9 Å².